The quantitative estimate of drug-likeness (QED) is 0.414. The molecule has 36 heavy (non-hydrogen) atoms. The molecule has 0 N–H and O–H groups in total. The molecular formula is C27H29FN6O2. The van der Waals surface area contributed by atoms with Gasteiger partial charge in [-0.25, -0.2) is 19.0 Å². The minimum absolute atomic E-state index is 0.00893. The summed E-state index contributed by atoms with van der Waals surface area (Å²) in [5.74, 6) is 1.18. The fourth-order valence-electron chi connectivity index (χ4n) is 4.55. The normalized spacial score (nSPS) is 14.0. The number of aromatic nitrogens is 4. The van der Waals surface area contributed by atoms with Crippen molar-refractivity contribution in [1.82, 2.24) is 24.6 Å². The molecule has 1 aliphatic heterocycles. The van der Waals surface area contributed by atoms with E-state index >= 15 is 0 Å². The number of piperazine rings is 1. The monoisotopic (exact) mass is 488 g/mol. The zero-order valence-electron chi connectivity index (χ0n) is 20.7. The van der Waals surface area contributed by atoms with Gasteiger partial charge in [-0.1, -0.05) is 29.8 Å². The highest BCUT2D eigenvalue weighted by atomic mass is 19.1. The Balaban J connectivity index is 1.56. The number of carbonyl (C=O) groups excluding carboxylic acids is 1. The van der Waals surface area contributed by atoms with Crippen LogP contribution in [-0.2, 0) is 16.0 Å². The number of benzene rings is 2. The van der Waals surface area contributed by atoms with Crippen LogP contribution >= 0.6 is 0 Å². The van der Waals surface area contributed by atoms with E-state index in [0.29, 0.717) is 44.1 Å². The summed E-state index contributed by atoms with van der Waals surface area (Å²) in [6, 6.07) is 14.6. The summed E-state index contributed by atoms with van der Waals surface area (Å²) in [6.45, 7) is 6.55. The van der Waals surface area contributed by atoms with Crippen molar-refractivity contribution in [3.05, 3.63) is 77.0 Å². The van der Waals surface area contributed by atoms with E-state index in [1.165, 1.54) is 24.8 Å². The summed E-state index contributed by atoms with van der Waals surface area (Å²) in [7, 11) is 1.53. The Kier molecular flexibility index (Phi) is 6.65. The first-order valence-electron chi connectivity index (χ1n) is 12.0. The van der Waals surface area contributed by atoms with Crippen LogP contribution in [0.3, 0.4) is 0 Å². The van der Waals surface area contributed by atoms with Gasteiger partial charge in [-0.3, -0.25) is 4.79 Å². The number of fused-ring (bicyclic) bond motifs is 1. The van der Waals surface area contributed by atoms with Gasteiger partial charge in [-0.15, -0.1) is 0 Å². The maximum absolute atomic E-state index is 13.6. The average molecular weight is 489 g/mol. The van der Waals surface area contributed by atoms with Crippen LogP contribution in [0.2, 0.25) is 0 Å². The van der Waals surface area contributed by atoms with Crippen molar-refractivity contribution in [3.63, 3.8) is 0 Å². The van der Waals surface area contributed by atoms with Gasteiger partial charge >= 0.3 is 0 Å². The molecule has 186 valence electrons. The lowest BCUT2D eigenvalue weighted by atomic mass is 10.1. The topological polar surface area (TPSA) is 76.4 Å². The van der Waals surface area contributed by atoms with Crippen molar-refractivity contribution in [1.29, 1.82) is 0 Å². The molecule has 0 bridgehead atoms. The Labute approximate surface area is 209 Å². The van der Waals surface area contributed by atoms with Crippen LogP contribution in [-0.4, -0.2) is 70.5 Å². The smallest absolute Gasteiger partial charge is 0.248 e. The molecule has 0 unspecified atom stereocenters. The first-order chi connectivity index (χ1) is 17.4. The van der Waals surface area contributed by atoms with Gasteiger partial charge in [0.2, 0.25) is 5.91 Å². The number of amides is 1. The van der Waals surface area contributed by atoms with Crippen LogP contribution in [0.25, 0.3) is 16.7 Å². The van der Waals surface area contributed by atoms with Crippen molar-refractivity contribution in [2.75, 3.05) is 44.8 Å². The summed E-state index contributed by atoms with van der Waals surface area (Å²) in [6.07, 6.45) is 0.573. The summed E-state index contributed by atoms with van der Waals surface area (Å²) in [5, 5.41) is 5.62. The average Bonchev–Trinajstić information content (AvgIpc) is 3.22. The second kappa shape index (κ2) is 10.0. The van der Waals surface area contributed by atoms with E-state index in [1.54, 1.807) is 16.8 Å². The lowest BCUT2D eigenvalue weighted by Gasteiger charge is -2.35. The van der Waals surface area contributed by atoms with E-state index in [-0.39, 0.29) is 18.3 Å². The number of rotatable bonds is 6. The molecule has 5 rings (SSSR count). The van der Waals surface area contributed by atoms with Crippen LogP contribution in [0.1, 0.15) is 22.6 Å². The number of nitrogens with zero attached hydrogens (tertiary/aromatic N) is 6. The summed E-state index contributed by atoms with van der Waals surface area (Å²) in [5.41, 5.74) is 4.52. The van der Waals surface area contributed by atoms with Crippen molar-refractivity contribution in [2.24, 2.45) is 0 Å². The molecule has 1 fully saturated rings. The SMILES string of the molecule is COCC(=O)N1CCN(c2nc(Cc3ccc(C)cc3)nc3c2c(C)nn3-c2ccc(F)cc2)CC1. The molecule has 0 spiro atoms. The van der Waals surface area contributed by atoms with Gasteiger partial charge in [-0.2, -0.15) is 5.10 Å². The maximum atomic E-state index is 13.6. The molecule has 3 heterocycles. The van der Waals surface area contributed by atoms with Crippen molar-refractivity contribution < 1.29 is 13.9 Å². The second-order valence-electron chi connectivity index (χ2n) is 9.10. The lowest BCUT2D eigenvalue weighted by molar-refractivity contribution is -0.135. The Hall–Kier alpha value is -3.85. The van der Waals surface area contributed by atoms with Crippen LogP contribution in [0.4, 0.5) is 10.2 Å². The molecule has 0 radical (unpaired) electrons. The highest BCUT2D eigenvalue weighted by Gasteiger charge is 2.26. The van der Waals surface area contributed by atoms with Crippen molar-refractivity contribution in [3.8, 4) is 5.69 Å². The molecule has 0 saturated carbocycles. The largest absolute Gasteiger partial charge is 0.375 e. The highest BCUT2D eigenvalue weighted by molar-refractivity contribution is 5.91. The number of methoxy groups -OCH3 is 1. The Morgan fingerprint density at radius 3 is 2.33 bits per heavy atom. The number of carbonyl (C=O) groups is 1. The third kappa shape index (κ3) is 4.79. The molecule has 8 nitrogen and oxygen atoms in total. The van der Waals surface area contributed by atoms with Gasteiger partial charge < -0.3 is 14.5 Å². The third-order valence-corrected chi connectivity index (χ3v) is 6.48. The van der Waals surface area contributed by atoms with Gasteiger partial charge in [-0.05, 0) is 43.7 Å². The van der Waals surface area contributed by atoms with Gasteiger partial charge in [0, 0.05) is 39.7 Å². The van der Waals surface area contributed by atoms with Crippen molar-refractivity contribution >= 4 is 22.8 Å². The lowest BCUT2D eigenvalue weighted by Crippen LogP contribution is -2.50. The van der Waals surface area contributed by atoms with Gasteiger partial charge in [0.1, 0.15) is 24.1 Å². The van der Waals surface area contributed by atoms with E-state index in [0.717, 1.165) is 28.1 Å². The summed E-state index contributed by atoms with van der Waals surface area (Å²) in [4.78, 5) is 26.2. The number of halogens is 1. The number of aryl methyl sites for hydroxylation is 2. The standard InChI is InChI=1S/C27H29FN6O2/c1-18-4-6-20(7-5-18)16-23-29-26(33-14-12-32(13-15-33)24(35)17-36-3)25-19(2)31-34(27(25)30-23)22-10-8-21(28)9-11-22/h4-11H,12-17H2,1-3H3. The Morgan fingerprint density at radius 1 is 0.972 bits per heavy atom. The fourth-order valence-corrected chi connectivity index (χ4v) is 4.55. The van der Waals surface area contributed by atoms with Crippen LogP contribution in [0, 0.1) is 19.7 Å². The van der Waals surface area contributed by atoms with Gasteiger partial charge in [0.05, 0.1) is 16.8 Å². The summed E-state index contributed by atoms with van der Waals surface area (Å²) < 4.78 is 20.4. The van der Waals surface area contributed by atoms with Crippen LogP contribution < -0.4 is 4.90 Å². The van der Waals surface area contributed by atoms with Crippen LogP contribution in [0.5, 0.6) is 0 Å². The molecule has 1 amide bonds. The summed E-state index contributed by atoms with van der Waals surface area (Å²) >= 11 is 0. The Bertz CT molecular complexity index is 1380. The molecule has 9 heteroatoms. The Morgan fingerprint density at radius 2 is 1.67 bits per heavy atom. The van der Waals surface area contributed by atoms with E-state index in [9.17, 15) is 9.18 Å². The number of ether oxygens (including phenoxy) is 1. The van der Waals surface area contributed by atoms with E-state index in [4.69, 9.17) is 19.8 Å². The molecular weight excluding hydrogens is 459 g/mol. The highest BCUT2D eigenvalue weighted by Crippen LogP contribution is 2.30. The zero-order chi connectivity index (χ0) is 25.2. The number of hydrogen-bond donors (Lipinski definition) is 0. The number of anilines is 1. The van der Waals surface area contributed by atoms with E-state index in [1.807, 2.05) is 11.8 Å². The minimum Gasteiger partial charge on any atom is -0.375 e. The predicted octanol–water partition coefficient (Wildman–Crippen LogP) is 3.46. The first kappa shape index (κ1) is 23.9. The molecule has 4 aromatic rings. The van der Waals surface area contributed by atoms with Crippen molar-refractivity contribution in [2.45, 2.75) is 20.3 Å². The molecule has 0 atom stereocenters. The van der Waals surface area contributed by atoms with E-state index in [2.05, 4.69) is 36.1 Å². The molecule has 0 aliphatic carbocycles. The molecule has 2 aromatic carbocycles. The molecule has 1 aliphatic rings. The third-order valence-electron chi connectivity index (χ3n) is 6.48. The number of hydrogen-bond acceptors (Lipinski definition) is 6. The van der Waals surface area contributed by atoms with Crippen LogP contribution in [0.15, 0.2) is 48.5 Å². The van der Waals surface area contributed by atoms with E-state index < -0.39 is 0 Å². The zero-order valence-corrected chi connectivity index (χ0v) is 20.7. The molecule has 2 aromatic heterocycles. The van der Waals surface area contributed by atoms with Gasteiger partial charge in [0.15, 0.2) is 5.65 Å². The first-order valence-corrected chi connectivity index (χ1v) is 12.0. The maximum Gasteiger partial charge on any atom is 0.248 e. The fraction of sp³-hybridized carbons (Fsp3) is 0.333. The predicted molar refractivity (Wildman–Crippen MR) is 136 cm³/mol. The second-order valence-corrected chi connectivity index (χ2v) is 9.10. The molecule has 1 saturated heterocycles. The van der Waals surface area contributed by atoms with Gasteiger partial charge in [0.25, 0.3) is 0 Å². The minimum atomic E-state index is -0.303.